The zero-order valence-electron chi connectivity index (χ0n) is 15.2. The van der Waals surface area contributed by atoms with Crippen LogP contribution in [-0.4, -0.2) is 17.6 Å². The molecular weight excluding hydrogens is 350 g/mol. The first kappa shape index (κ1) is 17.6. The lowest BCUT2D eigenvalue weighted by Crippen LogP contribution is -2.32. The molecule has 3 aromatic rings. The van der Waals surface area contributed by atoms with Crippen LogP contribution in [0.5, 0.6) is 0 Å². The van der Waals surface area contributed by atoms with Crippen molar-refractivity contribution in [1.82, 2.24) is 4.98 Å². The highest BCUT2D eigenvalue weighted by atomic mass is 16.2. The van der Waals surface area contributed by atoms with Crippen molar-refractivity contribution >= 4 is 23.2 Å². The molecule has 0 fully saturated rings. The Hall–Kier alpha value is -3.85. The highest BCUT2D eigenvalue weighted by molar-refractivity contribution is 6.00. The Labute approximate surface area is 163 Å². The van der Waals surface area contributed by atoms with Crippen LogP contribution in [0.3, 0.4) is 0 Å². The Morgan fingerprint density at radius 1 is 1.04 bits per heavy atom. The molecule has 0 saturated heterocycles. The quantitative estimate of drug-likeness (QED) is 0.726. The van der Waals surface area contributed by atoms with Crippen LogP contribution in [0.15, 0.2) is 66.9 Å². The molecule has 6 heteroatoms. The van der Waals surface area contributed by atoms with E-state index in [1.165, 1.54) is 0 Å². The molecule has 1 aliphatic rings. The number of aromatic nitrogens is 1. The average Bonchev–Trinajstić information content (AvgIpc) is 2.74. The van der Waals surface area contributed by atoms with E-state index >= 15 is 0 Å². The maximum Gasteiger partial charge on any atom is 0.323 e. The molecule has 138 valence electrons. The number of fused-ring (bicyclic) bond motifs is 1. The minimum atomic E-state index is -0.254. The lowest BCUT2D eigenvalue weighted by Gasteiger charge is -2.31. The number of hydrogen-bond donors (Lipinski definition) is 2. The van der Waals surface area contributed by atoms with E-state index < -0.39 is 0 Å². The van der Waals surface area contributed by atoms with Crippen LogP contribution >= 0.6 is 0 Å². The second kappa shape index (κ2) is 7.80. The lowest BCUT2D eigenvalue weighted by atomic mass is 9.97. The fraction of sp³-hybridized carbons (Fsp3) is 0.136. The summed E-state index contributed by atoms with van der Waals surface area (Å²) < 4.78 is 0. The summed E-state index contributed by atoms with van der Waals surface area (Å²) in [5.74, 6) is 0.852. The predicted molar refractivity (Wildman–Crippen MR) is 109 cm³/mol. The molecule has 0 spiro atoms. The summed E-state index contributed by atoms with van der Waals surface area (Å²) in [7, 11) is 0. The number of benzene rings is 2. The minimum absolute atomic E-state index is 0.254. The van der Waals surface area contributed by atoms with Gasteiger partial charge in [0.15, 0.2) is 0 Å². The predicted octanol–water partition coefficient (Wildman–Crippen LogP) is 4.16. The number of carbonyl (C=O) groups is 1. The second-order valence-electron chi connectivity index (χ2n) is 6.58. The highest BCUT2D eigenvalue weighted by Crippen LogP contribution is 2.28. The molecule has 1 aromatic heterocycles. The van der Waals surface area contributed by atoms with Gasteiger partial charge in [0.1, 0.15) is 11.9 Å². The summed E-state index contributed by atoms with van der Waals surface area (Å²) in [6.45, 7) is 1.51. The van der Waals surface area contributed by atoms with Crippen molar-refractivity contribution < 1.29 is 4.79 Å². The van der Waals surface area contributed by atoms with Gasteiger partial charge in [0.2, 0.25) is 0 Å². The van der Waals surface area contributed by atoms with Gasteiger partial charge in [-0.1, -0.05) is 30.3 Å². The summed E-state index contributed by atoms with van der Waals surface area (Å²) in [5.41, 5.74) is 4.45. The molecular formula is C22H19N5O. The van der Waals surface area contributed by atoms with Crippen molar-refractivity contribution in [3.63, 3.8) is 0 Å². The first-order valence-electron chi connectivity index (χ1n) is 9.08. The Balaban J connectivity index is 1.48. The third-order valence-corrected chi connectivity index (χ3v) is 4.75. The number of carbonyl (C=O) groups excluding carboxylic acids is 1. The van der Waals surface area contributed by atoms with Gasteiger partial charge < -0.3 is 15.5 Å². The van der Waals surface area contributed by atoms with Crippen LogP contribution < -0.4 is 15.5 Å². The lowest BCUT2D eigenvalue weighted by molar-refractivity contribution is 0.262. The van der Waals surface area contributed by atoms with Gasteiger partial charge in [-0.05, 0) is 47.9 Å². The Kier molecular flexibility index (Phi) is 4.89. The van der Waals surface area contributed by atoms with Gasteiger partial charge in [-0.2, -0.15) is 5.26 Å². The molecule has 0 atom stereocenters. The van der Waals surface area contributed by atoms with Crippen LogP contribution in [0.1, 0.15) is 16.7 Å². The third kappa shape index (κ3) is 3.79. The van der Waals surface area contributed by atoms with E-state index in [1.807, 2.05) is 48.5 Å². The van der Waals surface area contributed by atoms with Crippen molar-refractivity contribution in [3.05, 3.63) is 83.6 Å². The summed E-state index contributed by atoms with van der Waals surface area (Å²) in [5, 5.41) is 14.7. The SMILES string of the molecule is N#Cc1ccc(N2CCc3c(cccc3NC(=O)Nc3ccccc3)C2)nc1. The number of rotatable bonds is 3. The van der Waals surface area contributed by atoms with Crippen molar-refractivity contribution in [3.8, 4) is 6.07 Å². The largest absolute Gasteiger partial charge is 0.352 e. The van der Waals surface area contributed by atoms with Gasteiger partial charge >= 0.3 is 6.03 Å². The van der Waals surface area contributed by atoms with E-state index in [9.17, 15) is 4.79 Å². The van der Waals surface area contributed by atoms with Crippen LogP contribution in [0.4, 0.5) is 22.0 Å². The normalized spacial score (nSPS) is 12.6. The van der Waals surface area contributed by atoms with Crippen molar-refractivity contribution in [2.24, 2.45) is 0 Å². The maximum absolute atomic E-state index is 12.3. The second-order valence-corrected chi connectivity index (χ2v) is 6.58. The average molecular weight is 369 g/mol. The zero-order valence-corrected chi connectivity index (χ0v) is 15.2. The fourth-order valence-electron chi connectivity index (χ4n) is 3.37. The molecule has 2 heterocycles. The molecule has 4 rings (SSSR count). The van der Waals surface area contributed by atoms with Crippen molar-refractivity contribution in [1.29, 1.82) is 5.26 Å². The molecule has 0 bridgehead atoms. The van der Waals surface area contributed by atoms with Crippen molar-refractivity contribution in [2.45, 2.75) is 13.0 Å². The molecule has 2 N–H and O–H groups in total. The van der Waals surface area contributed by atoms with Crippen LogP contribution in [0.25, 0.3) is 0 Å². The number of nitrogens with one attached hydrogen (secondary N) is 2. The summed E-state index contributed by atoms with van der Waals surface area (Å²) in [6, 6.07) is 20.8. The van der Waals surface area contributed by atoms with Gasteiger partial charge in [0, 0.05) is 30.7 Å². The van der Waals surface area contributed by atoms with Gasteiger partial charge in [0.05, 0.1) is 5.56 Å². The minimum Gasteiger partial charge on any atom is -0.352 e. The van der Waals surface area contributed by atoms with E-state index in [0.29, 0.717) is 12.1 Å². The van der Waals surface area contributed by atoms with Gasteiger partial charge in [-0.25, -0.2) is 9.78 Å². The zero-order chi connectivity index (χ0) is 19.3. The fourth-order valence-corrected chi connectivity index (χ4v) is 3.37. The number of amides is 2. The topological polar surface area (TPSA) is 81.0 Å². The highest BCUT2D eigenvalue weighted by Gasteiger charge is 2.20. The molecule has 1 aliphatic heterocycles. The Morgan fingerprint density at radius 3 is 2.64 bits per heavy atom. The molecule has 28 heavy (non-hydrogen) atoms. The third-order valence-electron chi connectivity index (χ3n) is 4.75. The summed E-state index contributed by atoms with van der Waals surface area (Å²) in [6.07, 6.45) is 2.40. The Morgan fingerprint density at radius 2 is 1.89 bits per heavy atom. The number of hydrogen-bond acceptors (Lipinski definition) is 4. The van der Waals surface area contributed by atoms with E-state index in [1.54, 1.807) is 12.3 Å². The van der Waals surface area contributed by atoms with Gasteiger partial charge in [-0.3, -0.25) is 0 Å². The molecule has 6 nitrogen and oxygen atoms in total. The van der Waals surface area contributed by atoms with E-state index in [-0.39, 0.29) is 6.03 Å². The monoisotopic (exact) mass is 369 g/mol. The van der Waals surface area contributed by atoms with Crippen molar-refractivity contribution in [2.75, 3.05) is 22.1 Å². The van der Waals surface area contributed by atoms with Crippen LogP contribution in [0, 0.1) is 11.3 Å². The number of nitriles is 1. The Bertz CT molecular complexity index is 1030. The smallest absolute Gasteiger partial charge is 0.323 e. The number of para-hydroxylation sites is 1. The van der Waals surface area contributed by atoms with E-state index in [4.69, 9.17) is 5.26 Å². The summed E-state index contributed by atoms with van der Waals surface area (Å²) >= 11 is 0. The van der Waals surface area contributed by atoms with Gasteiger partial charge in [0.25, 0.3) is 0 Å². The molecule has 0 radical (unpaired) electrons. The van der Waals surface area contributed by atoms with E-state index in [2.05, 4.69) is 32.7 Å². The number of nitrogens with zero attached hydrogens (tertiary/aromatic N) is 3. The number of pyridine rings is 1. The molecule has 0 aliphatic carbocycles. The molecule has 2 aromatic carbocycles. The molecule has 0 unspecified atom stereocenters. The standard InChI is InChI=1S/C22H19N5O/c23-13-16-9-10-21(24-14-16)27-12-11-19-17(15-27)5-4-8-20(19)26-22(28)25-18-6-2-1-3-7-18/h1-10,14H,11-12,15H2,(H2,25,26,28). The molecule has 0 saturated carbocycles. The van der Waals surface area contributed by atoms with Crippen LogP contribution in [-0.2, 0) is 13.0 Å². The first-order valence-corrected chi connectivity index (χ1v) is 9.08. The van der Waals surface area contributed by atoms with Gasteiger partial charge in [-0.15, -0.1) is 0 Å². The first-order chi connectivity index (χ1) is 13.7. The number of urea groups is 1. The molecule has 2 amide bonds. The van der Waals surface area contributed by atoms with E-state index in [0.717, 1.165) is 41.3 Å². The maximum atomic E-state index is 12.3. The summed E-state index contributed by atoms with van der Waals surface area (Å²) in [4.78, 5) is 18.9. The number of anilines is 3. The van der Waals surface area contributed by atoms with Crippen LogP contribution in [0.2, 0.25) is 0 Å².